The number of hydrogen-bond acceptors (Lipinski definition) is 4. The fourth-order valence-electron chi connectivity index (χ4n) is 1.85. The number of nitrogens with one attached hydrogen (secondary N) is 1. The van der Waals surface area contributed by atoms with Crippen molar-refractivity contribution < 1.29 is 13.2 Å². The third-order valence-corrected chi connectivity index (χ3v) is 5.24. The molecule has 0 aliphatic heterocycles. The van der Waals surface area contributed by atoms with Gasteiger partial charge < -0.3 is 4.74 Å². The number of thioether (sulfide) groups is 1. The van der Waals surface area contributed by atoms with Crippen LogP contribution in [0.4, 0.5) is 0 Å². The van der Waals surface area contributed by atoms with Gasteiger partial charge in [0.2, 0.25) is 10.0 Å². The van der Waals surface area contributed by atoms with Crippen molar-refractivity contribution in [3.63, 3.8) is 0 Å². The standard InChI is InChI=1S/C16H19NO3S2/c1-21-15-7-9-16(10-8-15)22(18,19)17-11-12-20-13-14-5-3-2-4-6-14/h2-10,17H,11-13H2,1H3. The molecule has 0 heterocycles. The average Bonchev–Trinajstić information content (AvgIpc) is 2.55. The van der Waals surface area contributed by atoms with Gasteiger partial charge in [0.15, 0.2) is 0 Å². The first-order chi connectivity index (χ1) is 10.6. The van der Waals surface area contributed by atoms with Gasteiger partial charge >= 0.3 is 0 Å². The van der Waals surface area contributed by atoms with Crippen molar-refractivity contribution >= 4 is 21.8 Å². The predicted molar refractivity (Wildman–Crippen MR) is 89.5 cm³/mol. The Morgan fingerprint density at radius 2 is 1.73 bits per heavy atom. The van der Waals surface area contributed by atoms with Crippen LogP contribution in [0, 0.1) is 0 Å². The summed E-state index contributed by atoms with van der Waals surface area (Å²) in [4.78, 5) is 1.30. The third kappa shape index (κ3) is 5.14. The van der Waals surface area contributed by atoms with E-state index in [9.17, 15) is 8.42 Å². The van der Waals surface area contributed by atoms with Gasteiger partial charge in [0, 0.05) is 11.4 Å². The first kappa shape index (κ1) is 17.0. The summed E-state index contributed by atoms with van der Waals surface area (Å²) in [6.07, 6.45) is 1.95. The molecule has 0 atom stereocenters. The van der Waals surface area contributed by atoms with Crippen LogP contribution in [0.1, 0.15) is 5.56 Å². The van der Waals surface area contributed by atoms with E-state index in [4.69, 9.17) is 4.74 Å². The van der Waals surface area contributed by atoms with Crippen molar-refractivity contribution in [1.29, 1.82) is 0 Å². The minimum atomic E-state index is -3.47. The SMILES string of the molecule is CSc1ccc(S(=O)(=O)NCCOCc2ccccc2)cc1. The summed E-state index contributed by atoms with van der Waals surface area (Å²) in [5, 5.41) is 0. The van der Waals surface area contributed by atoms with E-state index in [2.05, 4.69) is 4.72 Å². The van der Waals surface area contributed by atoms with Crippen molar-refractivity contribution in [2.24, 2.45) is 0 Å². The first-order valence-corrected chi connectivity index (χ1v) is 9.58. The van der Waals surface area contributed by atoms with Crippen LogP contribution in [-0.2, 0) is 21.4 Å². The van der Waals surface area contributed by atoms with E-state index in [0.717, 1.165) is 10.5 Å². The third-order valence-electron chi connectivity index (χ3n) is 3.02. The molecule has 0 saturated heterocycles. The predicted octanol–water partition coefficient (Wildman–Crippen LogP) is 2.90. The lowest BCUT2D eigenvalue weighted by Gasteiger charge is -2.08. The van der Waals surface area contributed by atoms with Crippen molar-refractivity contribution in [3.05, 3.63) is 60.2 Å². The van der Waals surface area contributed by atoms with E-state index in [1.165, 1.54) is 0 Å². The van der Waals surface area contributed by atoms with Crippen LogP contribution >= 0.6 is 11.8 Å². The summed E-state index contributed by atoms with van der Waals surface area (Å²) in [7, 11) is -3.47. The Hall–Kier alpha value is -1.34. The number of hydrogen-bond donors (Lipinski definition) is 1. The Morgan fingerprint density at radius 1 is 1.05 bits per heavy atom. The van der Waals surface area contributed by atoms with Gasteiger partial charge in [0.25, 0.3) is 0 Å². The molecule has 2 aromatic rings. The quantitative estimate of drug-likeness (QED) is 0.594. The van der Waals surface area contributed by atoms with Crippen LogP contribution < -0.4 is 4.72 Å². The number of sulfonamides is 1. The largest absolute Gasteiger partial charge is 0.375 e. The van der Waals surface area contributed by atoms with E-state index in [0.29, 0.717) is 13.2 Å². The highest BCUT2D eigenvalue weighted by atomic mass is 32.2. The Labute approximate surface area is 135 Å². The molecule has 0 aromatic heterocycles. The highest BCUT2D eigenvalue weighted by Crippen LogP contribution is 2.17. The molecule has 0 fully saturated rings. The van der Waals surface area contributed by atoms with Crippen molar-refractivity contribution in [2.45, 2.75) is 16.4 Å². The monoisotopic (exact) mass is 337 g/mol. The van der Waals surface area contributed by atoms with Gasteiger partial charge in [-0.2, -0.15) is 0 Å². The normalized spacial score (nSPS) is 11.5. The summed E-state index contributed by atoms with van der Waals surface area (Å²) in [6.45, 7) is 1.06. The van der Waals surface area contributed by atoms with Crippen molar-refractivity contribution in [3.8, 4) is 0 Å². The van der Waals surface area contributed by atoms with Crippen molar-refractivity contribution in [1.82, 2.24) is 4.72 Å². The molecule has 0 aliphatic rings. The molecule has 0 radical (unpaired) electrons. The molecule has 0 aliphatic carbocycles. The summed E-state index contributed by atoms with van der Waals surface area (Å²) >= 11 is 1.58. The molecule has 0 bridgehead atoms. The highest BCUT2D eigenvalue weighted by Gasteiger charge is 2.12. The number of rotatable bonds is 8. The van der Waals surface area contributed by atoms with Gasteiger partial charge in [-0.05, 0) is 36.1 Å². The molecule has 118 valence electrons. The Balaban J connectivity index is 1.77. The van der Waals surface area contributed by atoms with Gasteiger partial charge in [-0.1, -0.05) is 30.3 Å². The fourth-order valence-corrected chi connectivity index (χ4v) is 3.27. The smallest absolute Gasteiger partial charge is 0.240 e. The fraction of sp³-hybridized carbons (Fsp3) is 0.250. The molecule has 0 spiro atoms. The van der Waals surface area contributed by atoms with Crippen LogP contribution in [0.5, 0.6) is 0 Å². The van der Waals surface area contributed by atoms with E-state index in [1.54, 1.807) is 36.0 Å². The van der Waals surface area contributed by atoms with E-state index in [1.807, 2.05) is 36.6 Å². The van der Waals surface area contributed by atoms with Gasteiger partial charge in [0.1, 0.15) is 0 Å². The molecule has 0 amide bonds. The molecule has 0 unspecified atom stereocenters. The second-order valence-corrected chi connectivity index (χ2v) is 7.26. The van der Waals surface area contributed by atoms with Crippen LogP contribution in [-0.4, -0.2) is 27.8 Å². The maximum atomic E-state index is 12.1. The Kier molecular flexibility index (Phi) is 6.45. The molecular formula is C16H19NO3S2. The number of ether oxygens (including phenoxy) is 1. The minimum absolute atomic E-state index is 0.249. The average molecular weight is 337 g/mol. The van der Waals surface area contributed by atoms with Gasteiger partial charge in [0.05, 0.1) is 18.1 Å². The highest BCUT2D eigenvalue weighted by molar-refractivity contribution is 7.98. The molecular weight excluding hydrogens is 318 g/mol. The maximum absolute atomic E-state index is 12.1. The lowest BCUT2D eigenvalue weighted by Crippen LogP contribution is -2.27. The summed E-state index contributed by atoms with van der Waals surface area (Å²) in [6, 6.07) is 16.6. The Bertz CT molecular complexity index is 670. The van der Waals surface area contributed by atoms with Crippen LogP contribution in [0.25, 0.3) is 0 Å². The molecule has 0 saturated carbocycles. The Morgan fingerprint density at radius 3 is 2.36 bits per heavy atom. The van der Waals surface area contributed by atoms with Gasteiger partial charge in [-0.25, -0.2) is 13.1 Å². The minimum Gasteiger partial charge on any atom is -0.375 e. The zero-order valence-electron chi connectivity index (χ0n) is 12.4. The molecule has 1 N–H and O–H groups in total. The first-order valence-electron chi connectivity index (χ1n) is 6.87. The lowest BCUT2D eigenvalue weighted by atomic mass is 10.2. The van der Waals surface area contributed by atoms with Gasteiger partial charge in [-0.3, -0.25) is 0 Å². The molecule has 4 nitrogen and oxygen atoms in total. The van der Waals surface area contributed by atoms with Gasteiger partial charge in [-0.15, -0.1) is 11.8 Å². The molecule has 6 heteroatoms. The second kappa shape index (κ2) is 8.33. The van der Waals surface area contributed by atoms with Crippen LogP contribution in [0.3, 0.4) is 0 Å². The summed E-state index contributed by atoms with van der Waals surface area (Å²) < 4.78 is 32.2. The molecule has 22 heavy (non-hydrogen) atoms. The van der Waals surface area contributed by atoms with Crippen LogP contribution in [0.15, 0.2) is 64.4 Å². The van der Waals surface area contributed by atoms with E-state index in [-0.39, 0.29) is 11.4 Å². The number of benzene rings is 2. The summed E-state index contributed by atoms with van der Waals surface area (Å²) in [5.74, 6) is 0. The van der Waals surface area contributed by atoms with Crippen molar-refractivity contribution in [2.75, 3.05) is 19.4 Å². The summed E-state index contributed by atoms with van der Waals surface area (Å²) in [5.41, 5.74) is 1.07. The zero-order valence-corrected chi connectivity index (χ0v) is 14.0. The molecule has 2 rings (SSSR count). The maximum Gasteiger partial charge on any atom is 0.240 e. The van der Waals surface area contributed by atoms with Crippen LogP contribution in [0.2, 0.25) is 0 Å². The topological polar surface area (TPSA) is 55.4 Å². The lowest BCUT2D eigenvalue weighted by molar-refractivity contribution is 0.126. The second-order valence-electron chi connectivity index (χ2n) is 4.61. The van der Waals surface area contributed by atoms with E-state index < -0.39 is 10.0 Å². The molecule has 2 aromatic carbocycles. The zero-order chi connectivity index (χ0) is 15.8. The van der Waals surface area contributed by atoms with E-state index >= 15 is 0 Å².